The molecule has 1 aromatic rings. The molecule has 1 rings (SSSR count). The predicted octanol–water partition coefficient (Wildman–Crippen LogP) is 2.13. The molecule has 0 saturated heterocycles. The molecule has 0 spiro atoms. The molecule has 80 valence electrons. The summed E-state index contributed by atoms with van der Waals surface area (Å²) in [6.07, 6.45) is 9.95. The fourth-order valence-electron chi connectivity index (χ4n) is 1.09. The molecule has 0 atom stereocenters. The first-order chi connectivity index (χ1) is 7.29. The van der Waals surface area contributed by atoms with Crippen LogP contribution in [0.1, 0.15) is 12.0 Å². The number of ether oxygens (including phenoxy) is 1. The van der Waals surface area contributed by atoms with Crippen LogP contribution in [0.4, 0.5) is 0 Å². The van der Waals surface area contributed by atoms with E-state index < -0.39 is 0 Å². The Kier molecular flexibility index (Phi) is 8.12. The summed E-state index contributed by atoms with van der Waals surface area (Å²) < 4.78 is 4.97. The van der Waals surface area contributed by atoms with Gasteiger partial charge in [-0.3, -0.25) is 0 Å². The Bertz CT molecular complexity index is 295. The number of benzene rings is 1. The Hall–Kier alpha value is -1.53. The van der Waals surface area contributed by atoms with Crippen LogP contribution in [0.3, 0.4) is 0 Å². The van der Waals surface area contributed by atoms with Crippen molar-refractivity contribution in [3.8, 4) is 12.8 Å². The van der Waals surface area contributed by atoms with Crippen LogP contribution in [0.2, 0.25) is 0 Å². The van der Waals surface area contributed by atoms with Crippen LogP contribution in [0.5, 0.6) is 0 Å². The molecule has 2 nitrogen and oxygen atoms in total. The summed E-state index contributed by atoms with van der Waals surface area (Å²) >= 11 is 4.58. The molecule has 0 radical (unpaired) electrons. The lowest BCUT2D eigenvalue weighted by Crippen LogP contribution is -2.13. The van der Waals surface area contributed by atoms with Crippen molar-refractivity contribution in [2.75, 3.05) is 6.61 Å². The van der Waals surface area contributed by atoms with Crippen molar-refractivity contribution in [2.24, 2.45) is 5.73 Å². The van der Waals surface area contributed by atoms with Gasteiger partial charge >= 0.3 is 0 Å². The van der Waals surface area contributed by atoms with E-state index in [1.165, 1.54) is 5.56 Å². The standard InChI is InChI=1S/C10H13NOS.C2H2/c11-10(13)12-8-4-7-9-5-2-1-3-6-9;1-2/h1-3,5-6H,4,7-8H2,(H2,11,13);1-2H. The Morgan fingerprint density at radius 2 is 1.87 bits per heavy atom. The van der Waals surface area contributed by atoms with E-state index in [2.05, 4.69) is 37.2 Å². The van der Waals surface area contributed by atoms with Gasteiger partial charge in [-0.25, -0.2) is 0 Å². The number of hydrogen-bond acceptors (Lipinski definition) is 2. The van der Waals surface area contributed by atoms with E-state index in [0.29, 0.717) is 6.61 Å². The van der Waals surface area contributed by atoms with Gasteiger partial charge in [0.15, 0.2) is 0 Å². The van der Waals surface area contributed by atoms with Crippen molar-refractivity contribution >= 4 is 17.4 Å². The predicted molar refractivity (Wildman–Crippen MR) is 67.4 cm³/mol. The maximum Gasteiger partial charge on any atom is 0.253 e. The maximum absolute atomic E-state index is 5.18. The van der Waals surface area contributed by atoms with Gasteiger partial charge < -0.3 is 10.5 Å². The van der Waals surface area contributed by atoms with Crippen molar-refractivity contribution in [3.05, 3.63) is 35.9 Å². The van der Waals surface area contributed by atoms with Crippen LogP contribution in [-0.4, -0.2) is 11.8 Å². The lowest BCUT2D eigenvalue weighted by atomic mass is 10.1. The molecule has 0 aliphatic carbocycles. The van der Waals surface area contributed by atoms with Gasteiger partial charge in [-0.1, -0.05) is 30.3 Å². The molecule has 0 amide bonds. The summed E-state index contributed by atoms with van der Waals surface area (Å²) in [4.78, 5) is 0. The Labute approximate surface area is 96.4 Å². The second kappa shape index (κ2) is 9.04. The van der Waals surface area contributed by atoms with Crippen molar-refractivity contribution in [1.82, 2.24) is 0 Å². The van der Waals surface area contributed by atoms with Gasteiger partial charge in [-0.15, -0.1) is 12.8 Å². The zero-order valence-electron chi connectivity index (χ0n) is 8.56. The third-order valence-corrected chi connectivity index (χ3v) is 1.81. The van der Waals surface area contributed by atoms with Gasteiger partial charge in [0, 0.05) is 0 Å². The van der Waals surface area contributed by atoms with Gasteiger partial charge in [0.1, 0.15) is 0 Å². The van der Waals surface area contributed by atoms with Gasteiger partial charge in [-0.05, 0) is 30.6 Å². The summed E-state index contributed by atoms with van der Waals surface area (Å²) in [5.74, 6) is 0. The topological polar surface area (TPSA) is 35.2 Å². The smallest absolute Gasteiger partial charge is 0.253 e. The van der Waals surface area contributed by atoms with E-state index in [9.17, 15) is 0 Å². The molecule has 0 bridgehead atoms. The van der Waals surface area contributed by atoms with E-state index in [4.69, 9.17) is 10.5 Å². The van der Waals surface area contributed by atoms with Crippen molar-refractivity contribution in [2.45, 2.75) is 12.8 Å². The summed E-state index contributed by atoms with van der Waals surface area (Å²) in [7, 11) is 0. The van der Waals surface area contributed by atoms with Gasteiger partial charge in [0.25, 0.3) is 5.17 Å². The third kappa shape index (κ3) is 7.53. The monoisotopic (exact) mass is 221 g/mol. The molecule has 0 heterocycles. The average molecular weight is 221 g/mol. The molecule has 0 saturated carbocycles. The lowest BCUT2D eigenvalue weighted by molar-refractivity contribution is 0.302. The van der Waals surface area contributed by atoms with E-state index in [0.717, 1.165) is 12.8 Å². The molecule has 0 aliphatic rings. The largest absolute Gasteiger partial charge is 0.471 e. The normalized spacial score (nSPS) is 8.40. The quantitative estimate of drug-likeness (QED) is 0.480. The number of terminal acetylenes is 1. The second-order valence-corrected chi connectivity index (χ2v) is 3.16. The fourth-order valence-corrected chi connectivity index (χ4v) is 1.18. The van der Waals surface area contributed by atoms with Crippen LogP contribution in [0, 0.1) is 12.8 Å². The van der Waals surface area contributed by atoms with Gasteiger partial charge in [0.05, 0.1) is 6.61 Å². The molecule has 0 aromatic heterocycles. The summed E-state index contributed by atoms with van der Waals surface area (Å²) in [5, 5.41) is 0.132. The van der Waals surface area contributed by atoms with E-state index in [1.54, 1.807) is 0 Å². The summed E-state index contributed by atoms with van der Waals surface area (Å²) in [6.45, 7) is 0.601. The summed E-state index contributed by atoms with van der Waals surface area (Å²) in [5.41, 5.74) is 6.50. The molecule has 2 N–H and O–H groups in total. The summed E-state index contributed by atoms with van der Waals surface area (Å²) in [6, 6.07) is 10.3. The van der Waals surface area contributed by atoms with Crippen molar-refractivity contribution in [1.29, 1.82) is 0 Å². The Morgan fingerprint density at radius 3 is 2.40 bits per heavy atom. The van der Waals surface area contributed by atoms with Crippen LogP contribution >= 0.6 is 12.2 Å². The zero-order valence-corrected chi connectivity index (χ0v) is 9.37. The van der Waals surface area contributed by atoms with Crippen LogP contribution < -0.4 is 5.73 Å². The van der Waals surface area contributed by atoms with E-state index in [1.807, 2.05) is 18.2 Å². The molecule has 0 unspecified atom stereocenters. The van der Waals surface area contributed by atoms with Crippen LogP contribution in [-0.2, 0) is 11.2 Å². The molecule has 0 fully saturated rings. The van der Waals surface area contributed by atoms with Crippen LogP contribution in [0.15, 0.2) is 30.3 Å². The Morgan fingerprint density at radius 1 is 1.27 bits per heavy atom. The highest BCUT2D eigenvalue weighted by molar-refractivity contribution is 7.80. The number of nitrogens with two attached hydrogens (primary N) is 1. The number of hydrogen-bond donors (Lipinski definition) is 1. The first-order valence-corrected chi connectivity index (χ1v) is 4.99. The first kappa shape index (κ1) is 13.5. The SMILES string of the molecule is C#C.NC(=S)OCCCc1ccccc1. The first-order valence-electron chi connectivity index (χ1n) is 4.58. The van der Waals surface area contributed by atoms with Gasteiger partial charge in [-0.2, -0.15) is 0 Å². The highest BCUT2D eigenvalue weighted by Crippen LogP contribution is 2.01. The highest BCUT2D eigenvalue weighted by atomic mass is 32.1. The van der Waals surface area contributed by atoms with Gasteiger partial charge in [0.2, 0.25) is 0 Å². The minimum Gasteiger partial charge on any atom is -0.471 e. The number of aryl methyl sites for hydroxylation is 1. The molecule has 15 heavy (non-hydrogen) atoms. The second-order valence-electron chi connectivity index (χ2n) is 2.76. The van der Waals surface area contributed by atoms with E-state index in [-0.39, 0.29) is 5.17 Å². The lowest BCUT2D eigenvalue weighted by Gasteiger charge is -2.02. The Balaban J connectivity index is 0.000000921. The van der Waals surface area contributed by atoms with Crippen molar-refractivity contribution in [3.63, 3.8) is 0 Å². The molecule has 3 heteroatoms. The molecular weight excluding hydrogens is 206 g/mol. The maximum atomic E-state index is 5.18. The molecular formula is C12H15NOS. The zero-order chi connectivity index (χ0) is 11.5. The molecule has 1 aromatic carbocycles. The number of thiocarbonyl (C=S) groups is 1. The third-order valence-electron chi connectivity index (χ3n) is 1.70. The highest BCUT2D eigenvalue weighted by Gasteiger charge is 1.92. The van der Waals surface area contributed by atoms with Crippen LogP contribution in [0.25, 0.3) is 0 Å². The molecule has 0 aliphatic heterocycles. The number of rotatable bonds is 4. The van der Waals surface area contributed by atoms with Crippen molar-refractivity contribution < 1.29 is 4.74 Å². The fraction of sp³-hybridized carbons (Fsp3) is 0.250. The minimum absolute atomic E-state index is 0.132. The average Bonchev–Trinajstić information content (AvgIpc) is 2.28. The van der Waals surface area contributed by atoms with E-state index >= 15 is 0 Å². The minimum atomic E-state index is 0.132.